The highest BCUT2D eigenvalue weighted by molar-refractivity contribution is 7.09. The van der Waals surface area contributed by atoms with Crippen molar-refractivity contribution < 1.29 is 4.74 Å². The highest BCUT2D eigenvalue weighted by Gasteiger charge is 2.23. The molecule has 0 saturated heterocycles. The van der Waals surface area contributed by atoms with E-state index in [0.29, 0.717) is 6.10 Å². The third-order valence-electron chi connectivity index (χ3n) is 3.07. The standard InChI is InChI=1S/C14H16N2OS/c1-15-14(13-8-16-9-18-13)10-2-4-11(5-3-10)17-12-6-7-12/h2-5,8-9,12,14-15H,6-7H2,1H3. The van der Waals surface area contributed by atoms with E-state index in [1.165, 1.54) is 23.3 Å². The summed E-state index contributed by atoms with van der Waals surface area (Å²) < 4.78 is 5.75. The van der Waals surface area contributed by atoms with Gasteiger partial charge >= 0.3 is 0 Å². The van der Waals surface area contributed by atoms with E-state index in [0.717, 1.165) is 5.75 Å². The average molecular weight is 260 g/mol. The molecule has 0 bridgehead atoms. The Labute approximate surface area is 111 Å². The maximum Gasteiger partial charge on any atom is 0.119 e. The van der Waals surface area contributed by atoms with Crippen LogP contribution in [-0.2, 0) is 0 Å². The Morgan fingerprint density at radius 1 is 1.33 bits per heavy atom. The van der Waals surface area contributed by atoms with Gasteiger partial charge in [0.05, 0.1) is 17.7 Å². The predicted octanol–water partition coefficient (Wildman–Crippen LogP) is 2.99. The van der Waals surface area contributed by atoms with Crippen molar-refractivity contribution >= 4 is 11.3 Å². The Hall–Kier alpha value is -1.39. The lowest BCUT2D eigenvalue weighted by atomic mass is 10.1. The van der Waals surface area contributed by atoms with Crippen molar-refractivity contribution in [3.8, 4) is 5.75 Å². The number of thiazole rings is 1. The molecule has 18 heavy (non-hydrogen) atoms. The Bertz CT molecular complexity index is 491. The van der Waals surface area contributed by atoms with Crippen LogP contribution in [-0.4, -0.2) is 18.1 Å². The number of rotatable bonds is 5. The molecule has 3 nitrogen and oxygen atoms in total. The van der Waals surface area contributed by atoms with Gasteiger partial charge in [-0.1, -0.05) is 12.1 Å². The maximum atomic E-state index is 5.75. The van der Waals surface area contributed by atoms with E-state index in [1.54, 1.807) is 11.3 Å². The van der Waals surface area contributed by atoms with Gasteiger partial charge in [-0.25, -0.2) is 0 Å². The Morgan fingerprint density at radius 3 is 2.67 bits per heavy atom. The van der Waals surface area contributed by atoms with Crippen LogP contribution >= 0.6 is 11.3 Å². The number of nitrogens with one attached hydrogen (secondary N) is 1. The number of aromatic nitrogens is 1. The lowest BCUT2D eigenvalue weighted by Crippen LogP contribution is -2.16. The molecule has 1 fully saturated rings. The van der Waals surface area contributed by atoms with E-state index < -0.39 is 0 Å². The van der Waals surface area contributed by atoms with E-state index >= 15 is 0 Å². The number of hydrogen-bond acceptors (Lipinski definition) is 4. The fourth-order valence-electron chi connectivity index (χ4n) is 1.96. The van der Waals surface area contributed by atoms with Gasteiger partial charge in [-0.05, 0) is 37.6 Å². The minimum Gasteiger partial charge on any atom is -0.490 e. The Morgan fingerprint density at radius 2 is 2.11 bits per heavy atom. The molecular formula is C14H16N2OS. The zero-order valence-corrected chi connectivity index (χ0v) is 11.1. The molecule has 1 heterocycles. The van der Waals surface area contributed by atoms with Crippen molar-refractivity contribution in [1.82, 2.24) is 10.3 Å². The molecule has 1 unspecified atom stereocenters. The van der Waals surface area contributed by atoms with Crippen molar-refractivity contribution in [3.63, 3.8) is 0 Å². The van der Waals surface area contributed by atoms with Crippen molar-refractivity contribution in [2.24, 2.45) is 0 Å². The van der Waals surface area contributed by atoms with Gasteiger partial charge in [-0.3, -0.25) is 4.98 Å². The van der Waals surface area contributed by atoms with Crippen molar-refractivity contribution in [1.29, 1.82) is 0 Å². The lowest BCUT2D eigenvalue weighted by Gasteiger charge is -2.15. The lowest BCUT2D eigenvalue weighted by molar-refractivity contribution is 0.303. The molecule has 4 heteroatoms. The molecule has 1 aromatic heterocycles. The average Bonchev–Trinajstić information content (AvgIpc) is 3.05. The summed E-state index contributed by atoms with van der Waals surface area (Å²) >= 11 is 1.67. The van der Waals surface area contributed by atoms with E-state index in [2.05, 4.69) is 34.6 Å². The van der Waals surface area contributed by atoms with Gasteiger partial charge < -0.3 is 10.1 Å². The zero-order valence-electron chi connectivity index (χ0n) is 10.3. The summed E-state index contributed by atoms with van der Waals surface area (Å²) in [4.78, 5) is 5.37. The quantitative estimate of drug-likeness (QED) is 0.897. The topological polar surface area (TPSA) is 34.1 Å². The first-order valence-electron chi connectivity index (χ1n) is 6.19. The zero-order chi connectivity index (χ0) is 12.4. The van der Waals surface area contributed by atoms with E-state index in [4.69, 9.17) is 4.74 Å². The maximum absolute atomic E-state index is 5.75. The summed E-state index contributed by atoms with van der Waals surface area (Å²) in [5, 5.41) is 3.32. The van der Waals surface area contributed by atoms with Crippen LogP contribution in [0.4, 0.5) is 0 Å². The number of benzene rings is 1. The number of nitrogens with zero attached hydrogens (tertiary/aromatic N) is 1. The van der Waals surface area contributed by atoms with Gasteiger partial charge in [-0.15, -0.1) is 11.3 Å². The van der Waals surface area contributed by atoms with Crippen LogP contribution in [0.25, 0.3) is 0 Å². The van der Waals surface area contributed by atoms with E-state index in [9.17, 15) is 0 Å². The Balaban J connectivity index is 1.77. The molecule has 94 valence electrons. The van der Waals surface area contributed by atoms with Gasteiger partial charge in [0, 0.05) is 11.1 Å². The van der Waals surface area contributed by atoms with Gasteiger partial charge in [-0.2, -0.15) is 0 Å². The molecule has 1 N–H and O–H groups in total. The monoisotopic (exact) mass is 260 g/mol. The van der Waals surface area contributed by atoms with Crippen LogP contribution in [0.3, 0.4) is 0 Å². The van der Waals surface area contributed by atoms with Crippen molar-refractivity contribution in [3.05, 3.63) is 46.4 Å². The van der Waals surface area contributed by atoms with Gasteiger partial charge in [0.2, 0.25) is 0 Å². The second-order valence-electron chi connectivity index (χ2n) is 4.51. The predicted molar refractivity (Wildman–Crippen MR) is 73.1 cm³/mol. The molecule has 1 aliphatic carbocycles. The van der Waals surface area contributed by atoms with Crippen LogP contribution in [0, 0.1) is 0 Å². The SMILES string of the molecule is CNC(c1ccc(OC2CC2)cc1)c1cncs1. The normalized spacial score (nSPS) is 16.5. The Kier molecular flexibility index (Phi) is 3.30. The summed E-state index contributed by atoms with van der Waals surface area (Å²) in [6, 6.07) is 8.57. The molecule has 3 rings (SSSR count). The molecule has 0 amide bonds. The highest BCUT2D eigenvalue weighted by atomic mass is 32.1. The molecule has 1 saturated carbocycles. The molecule has 0 aliphatic heterocycles. The summed E-state index contributed by atoms with van der Waals surface area (Å²) in [5.41, 5.74) is 3.11. The van der Waals surface area contributed by atoms with Crippen molar-refractivity contribution in [2.75, 3.05) is 7.05 Å². The molecule has 0 radical (unpaired) electrons. The van der Waals surface area contributed by atoms with Gasteiger partial charge in [0.25, 0.3) is 0 Å². The second-order valence-corrected chi connectivity index (χ2v) is 5.43. The number of ether oxygens (including phenoxy) is 1. The van der Waals surface area contributed by atoms with Crippen LogP contribution in [0.15, 0.2) is 36.0 Å². The highest BCUT2D eigenvalue weighted by Crippen LogP contribution is 2.29. The van der Waals surface area contributed by atoms with Gasteiger partial charge in [0.1, 0.15) is 5.75 Å². The molecule has 0 spiro atoms. The van der Waals surface area contributed by atoms with Crippen molar-refractivity contribution in [2.45, 2.75) is 25.0 Å². The summed E-state index contributed by atoms with van der Waals surface area (Å²) in [7, 11) is 1.97. The summed E-state index contributed by atoms with van der Waals surface area (Å²) in [6.45, 7) is 0. The van der Waals surface area contributed by atoms with E-state index in [1.807, 2.05) is 18.8 Å². The van der Waals surface area contributed by atoms with Crippen LogP contribution < -0.4 is 10.1 Å². The third-order valence-corrected chi connectivity index (χ3v) is 3.91. The molecule has 1 atom stereocenters. The fourth-order valence-corrected chi connectivity index (χ4v) is 2.71. The summed E-state index contributed by atoms with van der Waals surface area (Å²) in [6.07, 6.45) is 4.77. The second kappa shape index (κ2) is 5.08. The first kappa shape index (κ1) is 11.7. The smallest absolute Gasteiger partial charge is 0.119 e. The van der Waals surface area contributed by atoms with Crippen LogP contribution in [0.2, 0.25) is 0 Å². The van der Waals surface area contributed by atoms with Gasteiger partial charge in [0.15, 0.2) is 0 Å². The summed E-state index contributed by atoms with van der Waals surface area (Å²) in [5.74, 6) is 0.973. The molecule has 2 aromatic rings. The molecule has 1 aromatic carbocycles. The fraction of sp³-hybridized carbons (Fsp3) is 0.357. The van der Waals surface area contributed by atoms with Crippen LogP contribution in [0.5, 0.6) is 5.75 Å². The molecular weight excluding hydrogens is 244 g/mol. The van der Waals surface area contributed by atoms with Crippen LogP contribution in [0.1, 0.15) is 29.3 Å². The third kappa shape index (κ3) is 2.54. The first-order valence-corrected chi connectivity index (χ1v) is 7.07. The van der Waals surface area contributed by atoms with E-state index in [-0.39, 0.29) is 6.04 Å². The number of hydrogen-bond donors (Lipinski definition) is 1. The largest absolute Gasteiger partial charge is 0.490 e. The molecule has 1 aliphatic rings. The minimum absolute atomic E-state index is 0.215. The first-order chi connectivity index (χ1) is 8.86. The minimum atomic E-state index is 0.215.